The second-order valence-corrected chi connectivity index (χ2v) is 24.4. The highest BCUT2D eigenvalue weighted by molar-refractivity contribution is 8.00. The number of nitrogens with zero attached hydrogens (tertiary/aromatic N) is 3. The van der Waals surface area contributed by atoms with E-state index in [0.717, 1.165) is 37.4 Å². The molecule has 2 atom stereocenters. The molecule has 6 rings (SSSR count). The number of thioether (sulfide) groups is 1. The van der Waals surface area contributed by atoms with Crippen LogP contribution in [0.1, 0.15) is 163 Å². The van der Waals surface area contributed by atoms with Crippen molar-refractivity contribution >= 4 is 90.2 Å². The zero-order valence-electron chi connectivity index (χ0n) is 39.6. The van der Waals surface area contributed by atoms with Gasteiger partial charge in [0.25, 0.3) is 0 Å². The molecule has 0 spiro atoms. The summed E-state index contributed by atoms with van der Waals surface area (Å²) >= 11 is 21.8. The third kappa shape index (κ3) is 13.0. The van der Waals surface area contributed by atoms with Gasteiger partial charge in [-0.1, -0.05) is 94.3 Å². The molecule has 4 N–H and O–H groups in total. The summed E-state index contributed by atoms with van der Waals surface area (Å²) in [6.07, 6.45) is 6.70. The average Bonchev–Trinajstić information content (AvgIpc) is 3.23. The van der Waals surface area contributed by atoms with E-state index in [-0.39, 0.29) is 85.8 Å². The van der Waals surface area contributed by atoms with E-state index < -0.39 is 80.9 Å². The van der Waals surface area contributed by atoms with Gasteiger partial charge in [-0.3, -0.25) is 9.59 Å². The van der Waals surface area contributed by atoms with E-state index >= 15 is 0 Å². The Labute approximate surface area is 434 Å². The van der Waals surface area contributed by atoms with Gasteiger partial charge in [0.1, 0.15) is 25.1 Å². The molecule has 71 heavy (non-hydrogen) atoms. The van der Waals surface area contributed by atoms with Crippen LogP contribution in [0.2, 0.25) is 15.1 Å². The zero-order chi connectivity index (χ0) is 51.7. The van der Waals surface area contributed by atoms with Crippen LogP contribution in [0.15, 0.2) is 31.9 Å². The number of carboxylic acids is 1. The fraction of sp³-hybridized carbons (Fsp3) is 0.542. The first-order valence-corrected chi connectivity index (χ1v) is 27.9. The van der Waals surface area contributed by atoms with E-state index in [0.29, 0.717) is 62.7 Å². The Hall–Kier alpha value is -4.11. The number of rotatable bonds is 20. The van der Waals surface area contributed by atoms with Gasteiger partial charge in [-0.25, -0.2) is 26.6 Å². The van der Waals surface area contributed by atoms with Crippen molar-refractivity contribution in [1.82, 2.24) is 10.6 Å². The molecule has 388 valence electrons. The summed E-state index contributed by atoms with van der Waals surface area (Å²) in [5, 5.41) is 18.7. The first kappa shape index (κ1) is 57.8. The van der Waals surface area contributed by atoms with Crippen LogP contribution in [-0.4, -0.2) is 79.8 Å². The predicted octanol–water partition coefficient (Wildman–Crippen LogP) is 7.96. The molecule has 0 saturated heterocycles. The summed E-state index contributed by atoms with van der Waals surface area (Å²) in [5.74, 6) is -4.45. The molecule has 0 aromatic heterocycles. The highest BCUT2D eigenvalue weighted by Crippen LogP contribution is 2.54. The number of benzene rings is 3. The quantitative estimate of drug-likeness (QED) is 0.0125. The van der Waals surface area contributed by atoms with Gasteiger partial charge in [0.15, 0.2) is 21.9 Å². The largest absolute Gasteiger partial charge is 0.744 e. The highest BCUT2D eigenvalue weighted by atomic mass is 35.5. The number of carbonyl (C=O) groups is 3. The van der Waals surface area contributed by atoms with E-state index in [9.17, 15) is 45.4 Å². The monoisotopic (exact) mass is 1100 g/mol. The van der Waals surface area contributed by atoms with Crippen LogP contribution < -0.4 is 30.9 Å². The van der Waals surface area contributed by atoms with Crippen LogP contribution in [0.4, 0.5) is 0 Å². The molecule has 23 heteroatoms. The molecule has 17 nitrogen and oxygen atoms in total. The maximum Gasteiger partial charge on any atom is 0.337 e. The highest BCUT2D eigenvalue weighted by Gasteiger charge is 2.42. The number of unbranched alkanes of at least 4 members (excludes halogenated alkanes) is 5. The third-order valence-corrected chi connectivity index (χ3v) is 17.2. The second kappa shape index (κ2) is 23.0. The van der Waals surface area contributed by atoms with Crippen LogP contribution in [-0.2, 0) is 36.2 Å². The molecule has 3 aromatic rings. The lowest BCUT2D eigenvalue weighted by Crippen LogP contribution is -2.91. The van der Waals surface area contributed by atoms with Crippen molar-refractivity contribution in [2.45, 2.75) is 152 Å². The lowest BCUT2D eigenvalue weighted by atomic mass is 9.69. The SMILES string of the molecule is C.CC1CC(C)(C)Cc2c1cc1c(c2S(=O)(=O)[O-])Oc2c(S(=O)(=O)[O-])c3c(cc2=C1c1c(Cl)c(SCC(=O)NCCCCCC(=O)NCCCCCCN=[N+]=[N-])c(Cl)c(Cl)c1C(=O)O)C(C)CC(C)(C)[NH+]=3. The molecule has 2 unspecified atom stereocenters. The number of ether oxygens (including phenoxy) is 1. The van der Waals surface area contributed by atoms with Gasteiger partial charge in [0, 0.05) is 69.8 Å². The number of aromatic carboxylic acids is 1. The van der Waals surface area contributed by atoms with Crippen molar-refractivity contribution in [3.63, 3.8) is 0 Å². The molecule has 3 aromatic carbocycles. The molecule has 0 saturated carbocycles. The van der Waals surface area contributed by atoms with Crippen LogP contribution >= 0.6 is 46.6 Å². The molecule has 0 bridgehead atoms. The van der Waals surface area contributed by atoms with Gasteiger partial charge >= 0.3 is 5.97 Å². The Balaban J connectivity index is 0.00000937. The number of nitrogens with one attached hydrogen (secondary N) is 3. The minimum atomic E-state index is -5.51. The maximum absolute atomic E-state index is 13.6. The van der Waals surface area contributed by atoms with Crippen molar-refractivity contribution in [2.75, 3.05) is 25.4 Å². The van der Waals surface area contributed by atoms with E-state index in [2.05, 4.69) is 25.7 Å². The van der Waals surface area contributed by atoms with Crippen molar-refractivity contribution in [1.29, 1.82) is 0 Å². The molecular formula is C48H60Cl3N6O11S3-. The summed E-state index contributed by atoms with van der Waals surface area (Å²) in [6, 6.07) is 3.13. The maximum atomic E-state index is 13.6. The minimum Gasteiger partial charge on any atom is -0.744 e. The summed E-state index contributed by atoms with van der Waals surface area (Å²) < 4.78 is 87.9. The van der Waals surface area contributed by atoms with E-state index in [1.807, 2.05) is 27.7 Å². The Morgan fingerprint density at radius 3 is 2.08 bits per heavy atom. The van der Waals surface area contributed by atoms with Crippen LogP contribution in [0.5, 0.6) is 11.5 Å². The van der Waals surface area contributed by atoms with Gasteiger partial charge < -0.3 is 29.6 Å². The van der Waals surface area contributed by atoms with Crippen molar-refractivity contribution in [2.24, 2.45) is 10.5 Å². The number of carboxylic acid groups (broad SMARTS) is 1. The Morgan fingerprint density at radius 1 is 0.859 bits per heavy atom. The molecule has 0 radical (unpaired) electrons. The van der Waals surface area contributed by atoms with Gasteiger partial charge in [0.2, 0.25) is 17.2 Å². The lowest BCUT2D eigenvalue weighted by Gasteiger charge is -2.39. The summed E-state index contributed by atoms with van der Waals surface area (Å²) in [6.45, 7) is 12.4. The van der Waals surface area contributed by atoms with Gasteiger partial charge in [0.05, 0.1) is 26.4 Å². The Bertz CT molecular complexity index is 3050. The molecule has 2 aliphatic heterocycles. The number of amides is 2. The number of halogens is 3. The molecule has 1 aliphatic carbocycles. The third-order valence-electron chi connectivity index (χ3n) is 12.8. The first-order valence-electron chi connectivity index (χ1n) is 23.0. The summed E-state index contributed by atoms with van der Waals surface area (Å²) in [4.78, 5) is 43.1. The first-order chi connectivity index (χ1) is 32.7. The Morgan fingerprint density at radius 2 is 1.46 bits per heavy atom. The van der Waals surface area contributed by atoms with Gasteiger partial charge in [-0.2, -0.15) is 0 Å². The zero-order valence-corrected chi connectivity index (χ0v) is 44.4. The summed E-state index contributed by atoms with van der Waals surface area (Å²) in [5.41, 5.74) is 6.70. The fourth-order valence-electron chi connectivity index (χ4n) is 10.1. The molecule has 0 fully saturated rings. The normalized spacial score (nSPS) is 17.4. The predicted molar refractivity (Wildman–Crippen MR) is 270 cm³/mol. The smallest absolute Gasteiger partial charge is 0.337 e. The number of carbonyl (C=O) groups excluding carboxylic acids is 2. The van der Waals surface area contributed by atoms with Gasteiger partial charge in [-0.15, -0.1) is 11.8 Å². The van der Waals surface area contributed by atoms with Crippen LogP contribution in [0.25, 0.3) is 16.0 Å². The standard InChI is InChI=1S/C47H57Cl3N6O11S3.CH4/c1-24-20-46(3,4)22-30-26(24)18-28-33(29-19-27-25(2)21-47(5,6)55-39(27)44(70(64,65)66)41(29)67-40(28)43(30)69(61,62)63)34-35(45(59)60)36(48)38(50)42(37(34)49)68-23-32(58)53-16-12-9-10-14-31(57)52-15-11-7-8-13-17-54-56-51;/h18-19,24-25H,7-17,20-23H2,1-6H3,(H,52,57)(H,53,58)(H,59,60)(H,61,62,63)(H,64,65,66);1H4/p-1. The van der Waals surface area contributed by atoms with Crippen LogP contribution in [0.3, 0.4) is 0 Å². The van der Waals surface area contributed by atoms with Crippen molar-refractivity contribution < 1.29 is 55.2 Å². The number of azide groups is 1. The van der Waals surface area contributed by atoms with E-state index in [4.69, 9.17) is 45.1 Å². The topological polar surface area (TPSA) is 282 Å². The second-order valence-electron chi connectivity index (χ2n) is 19.6. The van der Waals surface area contributed by atoms with Gasteiger partial charge in [-0.05, 0) is 98.4 Å². The number of hydrogen-bond donors (Lipinski definition) is 4. The molecule has 2 heterocycles. The Kier molecular flexibility index (Phi) is 18.7. The van der Waals surface area contributed by atoms with Crippen molar-refractivity contribution in [3.8, 4) is 11.5 Å². The molecule has 2 amide bonds. The minimum absolute atomic E-state index is 0. The van der Waals surface area contributed by atoms with E-state index in [1.165, 1.54) is 0 Å². The number of fused-ring (bicyclic) bond motifs is 4. The fourth-order valence-corrected chi connectivity index (χ4v) is 13.8. The number of hydrogen-bond acceptors (Lipinski definition) is 12. The molecular weight excluding hydrogens is 1040 g/mol. The lowest BCUT2D eigenvalue weighted by molar-refractivity contribution is -0.590. The van der Waals surface area contributed by atoms with E-state index in [1.54, 1.807) is 26.0 Å². The average molecular weight is 1100 g/mol. The molecule has 3 aliphatic rings. The van der Waals surface area contributed by atoms with Crippen LogP contribution in [0, 0.1) is 5.41 Å². The summed E-state index contributed by atoms with van der Waals surface area (Å²) in [7, 11) is -11.0. The van der Waals surface area contributed by atoms with Crippen molar-refractivity contribution in [3.05, 3.63) is 81.6 Å².